The predicted molar refractivity (Wildman–Crippen MR) is 160 cm³/mol. The molecule has 1 aliphatic carbocycles. The monoisotopic (exact) mass is 588 g/mol. The summed E-state index contributed by atoms with van der Waals surface area (Å²) in [5.41, 5.74) is 9.09. The summed E-state index contributed by atoms with van der Waals surface area (Å²) in [5.74, 6) is -0.597. The van der Waals surface area contributed by atoms with Crippen LogP contribution in [0.25, 0.3) is 34.1 Å². The van der Waals surface area contributed by atoms with Gasteiger partial charge >= 0.3 is 0 Å². The number of nitrogens with zero attached hydrogens (tertiary/aromatic N) is 6. The first-order valence-electron chi connectivity index (χ1n) is 13.8. The highest BCUT2D eigenvalue weighted by atomic mass is 19.1. The molecule has 1 fully saturated rings. The molecule has 4 aromatic heterocycles. The Bertz CT molecular complexity index is 2050. The van der Waals surface area contributed by atoms with Crippen LogP contribution >= 0.6 is 0 Å². The number of hydrogen-bond donors (Lipinski definition) is 3. The van der Waals surface area contributed by atoms with E-state index in [-0.39, 0.29) is 17.5 Å². The zero-order chi connectivity index (χ0) is 30.4. The van der Waals surface area contributed by atoms with E-state index in [4.69, 9.17) is 15.7 Å². The summed E-state index contributed by atoms with van der Waals surface area (Å²) in [6.45, 7) is 0. The fraction of sp³-hybridized carbons (Fsp3) is 0.125. The van der Waals surface area contributed by atoms with Gasteiger partial charge in [0.05, 0.1) is 23.1 Å². The van der Waals surface area contributed by atoms with E-state index in [0.717, 1.165) is 24.1 Å². The standard InChI is InChI=1S/C32H25FN8O3/c33-27-19(4-5-20(18-42)28(27)44)17-26(43)39-32(12-13-32)21-6-8-22(9-7-21)41-30(23-3-1-14-35-29(23)34)37-24-10-11-25(38-31(24)41)40-16-2-15-36-40/h1-11,14-16,18,44H,12-13,17H2,(H2,34,35)(H,39,43). The van der Waals surface area contributed by atoms with Crippen LogP contribution in [0.2, 0.25) is 0 Å². The average molecular weight is 589 g/mol. The van der Waals surface area contributed by atoms with Gasteiger partial charge in [0.15, 0.2) is 35.1 Å². The molecule has 6 aromatic rings. The number of anilines is 1. The third-order valence-electron chi connectivity index (χ3n) is 7.82. The molecule has 11 nitrogen and oxygen atoms in total. The molecular formula is C32H25FN8O3. The second kappa shape index (κ2) is 10.4. The van der Waals surface area contributed by atoms with Crippen LogP contribution in [0.4, 0.5) is 10.2 Å². The van der Waals surface area contributed by atoms with Gasteiger partial charge in [-0.15, -0.1) is 0 Å². The Balaban J connectivity index is 1.22. The molecule has 2 aromatic carbocycles. The van der Waals surface area contributed by atoms with E-state index in [0.29, 0.717) is 40.5 Å². The van der Waals surface area contributed by atoms with Gasteiger partial charge in [-0.2, -0.15) is 5.10 Å². The number of phenols is 1. The topological polar surface area (TPSA) is 154 Å². The van der Waals surface area contributed by atoms with Crippen LogP contribution in [0.5, 0.6) is 5.75 Å². The zero-order valence-corrected chi connectivity index (χ0v) is 23.2. The highest BCUT2D eigenvalue weighted by Crippen LogP contribution is 2.46. The Morgan fingerprint density at radius 3 is 2.57 bits per heavy atom. The van der Waals surface area contributed by atoms with Crippen molar-refractivity contribution in [1.82, 2.24) is 34.6 Å². The van der Waals surface area contributed by atoms with Crippen molar-refractivity contribution >= 4 is 29.2 Å². The van der Waals surface area contributed by atoms with Crippen molar-refractivity contribution in [1.29, 1.82) is 0 Å². The summed E-state index contributed by atoms with van der Waals surface area (Å²) in [6, 6.07) is 19.5. The van der Waals surface area contributed by atoms with Crippen LogP contribution in [-0.2, 0) is 16.8 Å². The van der Waals surface area contributed by atoms with Gasteiger partial charge in [-0.3, -0.25) is 14.2 Å². The van der Waals surface area contributed by atoms with Crippen molar-refractivity contribution in [2.24, 2.45) is 0 Å². The van der Waals surface area contributed by atoms with Gasteiger partial charge in [-0.05, 0) is 66.9 Å². The SMILES string of the molecule is Nc1ncccc1-c1nc2ccc(-n3cccn3)nc2n1-c1ccc(C2(NC(=O)Cc3ccc(C=O)c(O)c3F)CC2)cc1. The molecule has 218 valence electrons. The molecular weight excluding hydrogens is 563 g/mol. The van der Waals surface area contributed by atoms with Crippen molar-refractivity contribution < 1.29 is 19.1 Å². The van der Waals surface area contributed by atoms with E-state index in [2.05, 4.69) is 15.4 Å². The molecule has 44 heavy (non-hydrogen) atoms. The second-order valence-electron chi connectivity index (χ2n) is 10.6. The maximum atomic E-state index is 14.5. The third-order valence-corrected chi connectivity index (χ3v) is 7.82. The van der Waals surface area contributed by atoms with Gasteiger partial charge in [0.25, 0.3) is 0 Å². The number of nitrogen functional groups attached to an aromatic ring is 1. The molecule has 1 amide bonds. The number of carbonyl (C=O) groups excluding carboxylic acids is 2. The number of aldehydes is 1. The van der Waals surface area contributed by atoms with E-state index in [1.54, 1.807) is 23.1 Å². The Hall–Kier alpha value is -5.91. The lowest BCUT2D eigenvalue weighted by atomic mass is 10.0. The minimum atomic E-state index is -0.971. The first-order chi connectivity index (χ1) is 21.4. The molecule has 0 aliphatic heterocycles. The van der Waals surface area contributed by atoms with E-state index < -0.39 is 23.0 Å². The summed E-state index contributed by atoms with van der Waals surface area (Å²) in [7, 11) is 0. The molecule has 0 unspecified atom stereocenters. The number of aromatic hydroxyl groups is 1. The van der Waals surface area contributed by atoms with Crippen LogP contribution in [0.15, 0.2) is 85.3 Å². The number of phenolic OH excluding ortho intramolecular Hbond substituents is 1. The number of rotatable bonds is 8. The molecule has 7 rings (SSSR count). The van der Waals surface area contributed by atoms with E-state index in [9.17, 15) is 19.1 Å². The van der Waals surface area contributed by atoms with Crippen molar-refractivity contribution in [3.63, 3.8) is 0 Å². The number of fused-ring (bicyclic) bond motifs is 1. The van der Waals surface area contributed by atoms with E-state index >= 15 is 0 Å². The first-order valence-corrected chi connectivity index (χ1v) is 13.8. The third kappa shape index (κ3) is 4.62. The summed E-state index contributed by atoms with van der Waals surface area (Å²) >= 11 is 0. The summed E-state index contributed by atoms with van der Waals surface area (Å²) in [4.78, 5) is 37.9. The Morgan fingerprint density at radius 2 is 1.86 bits per heavy atom. The Morgan fingerprint density at radius 1 is 1.05 bits per heavy atom. The van der Waals surface area contributed by atoms with Crippen LogP contribution in [0.1, 0.15) is 34.3 Å². The zero-order valence-electron chi connectivity index (χ0n) is 23.2. The highest BCUT2D eigenvalue weighted by molar-refractivity contribution is 5.84. The predicted octanol–water partition coefficient (Wildman–Crippen LogP) is 4.26. The lowest BCUT2D eigenvalue weighted by Gasteiger charge is -2.19. The van der Waals surface area contributed by atoms with Crippen molar-refractivity contribution in [3.8, 4) is 28.6 Å². The number of nitrogens with two attached hydrogens (primary N) is 1. The van der Waals surface area contributed by atoms with Crippen molar-refractivity contribution in [2.75, 3.05) is 5.73 Å². The summed E-state index contributed by atoms with van der Waals surface area (Å²) in [6.07, 6.45) is 6.63. The molecule has 0 bridgehead atoms. The fourth-order valence-electron chi connectivity index (χ4n) is 5.39. The number of hydrogen-bond acceptors (Lipinski definition) is 8. The normalized spacial score (nSPS) is 13.6. The van der Waals surface area contributed by atoms with E-state index in [1.165, 1.54) is 12.1 Å². The van der Waals surface area contributed by atoms with Crippen LogP contribution in [-0.4, -0.2) is 46.6 Å². The second-order valence-corrected chi connectivity index (χ2v) is 10.6. The van der Waals surface area contributed by atoms with Gasteiger partial charge < -0.3 is 16.2 Å². The molecule has 4 N–H and O–H groups in total. The smallest absolute Gasteiger partial charge is 0.225 e. The lowest BCUT2D eigenvalue weighted by Crippen LogP contribution is -2.36. The minimum absolute atomic E-state index is 0.00733. The average Bonchev–Trinajstić information content (AvgIpc) is 3.43. The number of carbonyl (C=O) groups is 2. The van der Waals surface area contributed by atoms with Crippen LogP contribution in [0, 0.1) is 5.82 Å². The number of pyridine rings is 2. The van der Waals surface area contributed by atoms with Gasteiger partial charge in [0, 0.05) is 29.8 Å². The van der Waals surface area contributed by atoms with Crippen LogP contribution < -0.4 is 11.1 Å². The Kier molecular flexibility index (Phi) is 6.38. The molecule has 4 heterocycles. The number of amides is 1. The first kappa shape index (κ1) is 27.0. The molecule has 0 atom stereocenters. The summed E-state index contributed by atoms with van der Waals surface area (Å²) in [5, 5.41) is 17.2. The molecule has 0 spiro atoms. The Labute approximate surface area is 249 Å². The minimum Gasteiger partial charge on any atom is -0.504 e. The highest BCUT2D eigenvalue weighted by Gasteiger charge is 2.45. The maximum Gasteiger partial charge on any atom is 0.225 e. The fourth-order valence-corrected chi connectivity index (χ4v) is 5.39. The van der Waals surface area contributed by atoms with E-state index in [1.807, 2.05) is 59.3 Å². The molecule has 1 saturated carbocycles. The van der Waals surface area contributed by atoms with Gasteiger partial charge in [0.1, 0.15) is 11.3 Å². The summed E-state index contributed by atoms with van der Waals surface area (Å²) < 4.78 is 18.1. The number of halogens is 1. The van der Waals surface area contributed by atoms with Gasteiger partial charge in [0.2, 0.25) is 5.91 Å². The molecule has 12 heteroatoms. The molecule has 0 saturated heterocycles. The number of nitrogens with one attached hydrogen (secondary N) is 1. The molecule has 0 radical (unpaired) electrons. The van der Waals surface area contributed by atoms with Crippen molar-refractivity contribution in [3.05, 3.63) is 108 Å². The van der Waals surface area contributed by atoms with Gasteiger partial charge in [-0.25, -0.2) is 24.0 Å². The van der Waals surface area contributed by atoms with Gasteiger partial charge in [-0.1, -0.05) is 18.2 Å². The maximum absolute atomic E-state index is 14.5. The van der Waals surface area contributed by atoms with Crippen LogP contribution in [0.3, 0.4) is 0 Å². The molecule has 1 aliphatic rings. The number of benzene rings is 2. The number of imidazole rings is 1. The van der Waals surface area contributed by atoms with Crippen molar-refractivity contribution in [2.45, 2.75) is 24.8 Å². The largest absolute Gasteiger partial charge is 0.504 e. The lowest BCUT2D eigenvalue weighted by molar-refractivity contribution is -0.121. The number of aromatic nitrogens is 6. The quantitative estimate of drug-likeness (QED) is 0.223.